The summed E-state index contributed by atoms with van der Waals surface area (Å²) in [4.78, 5) is 0. The van der Waals surface area contributed by atoms with Gasteiger partial charge in [0, 0.05) is 10.0 Å². The van der Waals surface area contributed by atoms with Gasteiger partial charge in [0.05, 0.1) is 0 Å². The molecule has 3 nitrogen and oxygen atoms in total. The molecular formula is C8H6BrNO2. The molecule has 4 heteroatoms. The molecule has 0 bridgehead atoms. The van der Waals surface area contributed by atoms with Gasteiger partial charge in [-0.1, -0.05) is 21.1 Å². The van der Waals surface area contributed by atoms with Crippen LogP contribution in [0.15, 0.2) is 27.8 Å². The fourth-order valence-electron chi connectivity index (χ4n) is 1.16. The number of oxime groups is 1. The van der Waals surface area contributed by atoms with Gasteiger partial charge >= 0.3 is 0 Å². The highest BCUT2D eigenvalue weighted by atomic mass is 79.9. The number of halogens is 1. The maximum atomic E-state index is 8.60. The van der Waals surface area contributed by atoms with Crippen molar-refractivity contribution in [1.29, 1.82) is 0 Å². The molecule has 2 rings (SSSR count). The molecule has 0 amide bonds. The molecule has 0 saturated carbocycles. The second-order valence-corrected chi connectivity index (χ2v) is 3.39. The Morgan fingerprint density at radius 1 is 1.50 bits per heavy atom. The normalized spacial score (nSPS) is 17.6. The molecule has 0 aliphatic carbocycles. The Labute approximate surface area is 77.8 Å². The Bertz CT molecular complexity index is 349. The molecule has 0 atom stereocenters. The minimum Gasteiger partial charge on any atom is -0.486 e. The van der Waals surface area contributed by atoms with E-state index in [9.17, 15) is 0 Å². The van der Waals surface area contributed by atoms with Gasteiger partial charge in [-0.25, -0.2) is 0 Å². The highest BCUT2D eigenvalue weighted by molar-refractivity contribution is 9.10. The summed E-state index contributed by atoms with van der Waals surface area (Å²) < 4.78 is 6.20. The van der Waals surface area contributed by atoms with E-state index in [4.69, 9.17) is 9.94 Å². The van der Waals surface area contributed by atoms with Crippen molar-refractivity contribution in [2.75, 3.05) is 6.61 Å². The summed E-state index contributed by atoms with van der Waals surface area (Å²) in [6.45, 7) is 0.349. The van der Waals surface area contributed by atoms with E-state index in [0.717, 1.165) is 15.8 Å². The van der Waals surface area contributed by atoms with Crippen LogP contribution in [-0.2, 0) is 0 Å². The number of benzene rings is 1. The Hall–Kier alpha value is -1.03. The van der Waals surface area contributed by atoms with Crippen LogP contribution >= 0.6 is 15.9 Å². The lowest BCUT2D eigenvalue weighted by atomic mass is 10.1. The molecule has 1 aromatic carbocycles. The number of rotatable bonds is 0. The van der Waals surface area contributed by atoms with Crippen molar-refractivity contribution in [3.05, 3.63) is 28.2 Å². The first-order valence-corrected chi connectivity index (χ1v) is 4.24. The van der Waals surface area contributed by atoms with Crippen LogP contribution in [0.4, 0.5) is 0 Å². The highest BCUT2D eigenvalue weighted by Crippen LogP contribution is 2.28. The van der Waals surface area contributed by atoms with E-state index in [1.165, 1.54) is 0 Å². The van der Waals surface area contributed by atoms with Gasteiger partial charge in [-0.2, -0.15) is 0 Å². The molecule has 0 fully saturated rings. The van der Waals surface area contributed by atoms with Crippen LogP contribution in [0.25, 0.3) is 0 Å². The van der Waals surface area contributed by atoms with Crippen molar-refractivity contribution in [2.24, 2.45) is 5.16 Å². The third-order valence-corrected chi connectivity index (χ3v) is 2.23. The van der Waals surface area contributed by atoms with E-state index in [0.29, 0.717) is 12.3 Å². The van der Waals surface area contributed by atoms with Crippen molar-refractivity contribution in [3.63, 3.8) is 0 Å². The van der Waals surface area contributed by atoms with Gasteiger partial charge < -0.3 is 9.94 Å². The Morgan fingerprint density at radius 2 is 2.33 bits per heavy atom. The van der Waals surface area contributed by atoms with Crippen LogP contribution in [0.5, 0.6) is 5.75 Å². The average molecular weight is 228 g/mol. The molecule has 1 aliphatic heterocycles. The fraction of sp³-hybridized carbons (Fsp3) is 0.125. The predicted octanol–water partition coefficient (Wildman–Crippen LogP) is 2.02. The van der Waals surface area contributed by atoms with E-state index >= 15 is 0 Å². The second-order valence-electron chi connectivity index (χ2n) is 2.48. The van der Waals surface area contributed by atoms with E-state index in [1.54, 1.807) is 0 Å². The quantitative estimate of drug-likeness (QED) is 0.545. The number of hydrogen-bond donors (Lipinski definition) is 1. The number of ether oxygens (including phenoxy) is 1. The van der Waals surface area contributed by atoms with Crippen molar-refractivity contribution < 1.29 is 9.94 Å². The lowest BCUT2D eigenvalue weighted by Crippen LogP contribution is -2.01. The summed E-state index contributed by atoms with van der Waals surface area (Å²) in [5.41, 5.74) is 1.43. The van der Waals surface area contributed by atoms with Gasteiger partial charge in [0.15, 0.2) is 0 Å². The molecule has 0 unspecified atom stereocenters. The van der Waals surface area contributed by atoms with Crippen LogP contribution in [0.1, 0.15) is 5.56 Å². The zero-order valence-corrected chi connectivity index (χ0v) is 7.71. The van der Waals surface area contributed by atoms with Gasteiger partial charge in [0.1, 0.15) is 18.1 Å². The first-order chi connectivity index (χ1) is 5.81. The van der Waals surface area contributed by atoms with Crippen molar-refractivity contribution in [3.8, 4) is 5.75 Å². The van der Waals surface area contributed by atoms with E-state index in [1.807, 2.05) is 18.2 Å². The molecule has 0 aromatic heterocycles. The predicted molar refractivity (Wildman–Crippen MR) is 48.0 cm³/mol. The van der Waals surface area contributed by atoms with Crippen LogP contribution < -0.4 is 4.74 Å². The fourth-order valence-corrected chi connectivity index (χ4v) is 1.52. The lowest BCUT2D eigenvalue weighted by Gasteiger charge is -1.96. The summed E-state index contributed by atoms with van der Waals surface area (Å²) >= 11 is 3.33. The molecule has 0 saturated heterocycles. The van der Waals surface area contributed by atoms with Crippen LogP contribution in [0.3, 0.4) is 0 Å². The number of nitrogens with zero attached hydrogens (tertiary/aromatic N) is 1. The third-order valence-electron chi connectivity index (χ3n) is 1.74. The molecule has 1 aliphatic rings. The largest absolute Gasteiger partial charge is 0.486 e. The lowest BCUT2D eigenvalue weighted by molar-refractivity contribution is 0.313. The summed E-state index contributed by atoms with van der Waals surface area (Å²) in [7, 11) is 0. The molecule has 62 valence electrons. The van der Waals surface area contributed by atoms with E-state index < -0.39 is 0 Å². The van der Waals surface area contributed by atoms with Crippen molar-refractivity contribution in [2.45, 2.75) is 0 Å². The smallest absolute Gasteiger partial charge is 0.134 e. The summed E-state index contributed by atoms with van der Waals surface area (Å²) in [5, 5.41) is 11.7. The average Bonchev–Trinajstić information content (AvgIpc) is 2.46. The first-order valence-electron chi connectivity index (χ1n) is 3.45. The van der Waals surface area contributed by atoms with Gasteiger partial charge in [-0.3, -0.25) is 0 Å². The van der Waals surface area contributed by atoms with Crippen LogP contribution in [0.2, 0.25) is 0 Å². The molecule has 1 N–H and O–H groups in total. The van der Waals surface area contributed by atoms with Gasteiger partial charge in [-0.15, -0.1) is 0 Å². The minimum absolute atomic E-state index is 0.349. The summed E-state index contributed by atoms with van der Waals surface area (Å²) in [5.74, 6) is 0.769. The summed E-state index contributed by atoms with van der Waals surface area (Å²) in [6.07, 6.45) is 0. The Morgan fingerprint density at radius 3 is 3.08 bits per heavy atom. The van der Waals surface area contributed by atoms with E-state index in [2.05, 4.69) is 21.1 Å². The molecular weight excluding hydrogens is 222 g/mol. The third kappa shape index (κ3) is 1.08. The molecule has 0 spiro atoms. The van der Waals surface area contributed by atoms with Gasteiger partial charge in [0.25, 0.3) is 0 Å². The summed E-state index contributed by atoms with van der Waals surface area (Å²) in [6, 6.07) is 5.61. The van der Waals surface area contributed by atoms with E-state index in [-0.39, 0.29) is 0 Å². The van der Waals surface area contributed by atoms with Gasteiger partial charge in [0.2, 0.25) is 0 Å². The SMILES string of the molecule is O/N=C1/COc2ccc(Br)cc21. The van der Waals surface area contributed by atoms with Crippen LogP contribution in [-0.4, -0.2) is 17.5 Å². The zero-order chi connectivity index (χ0) is 8.55. The van der Waals surface area contributed by atoms with Crippen molar-refractivity contribution >= 4 is 21.6 Å². The second kappa shape index (κ2) is 2.79. The molecule has 12 heavy (non-hydrogen) atoms. The van der Waals surface area contributed by atoms with Gasteiger partial charge in [-0.05, 0) is 18.2 Å². The minimum atomic E-state index is 0.349. The first kappa shape index (κ1) is 7.61. The highest BCUT2D eigenvalue weighted by Gasteiger charge is 2.19. The molecule has 1 heterocycles. The number of hydrogen-bond acceptors (Lipinski definition) is 3. The zero-order valence-electron chi connectivity index (χ0n) is 6.12. The molecule has 1 aromatic rings. The number of fused-ring (bicyclic) bond motifs is 1. The monoisotopic (exact) mass is 227 g/mol. The standard InChI is InChI=1S/C8H6BrNO2/c9-5-1-2-8-6(3-5)7(10-11)4-12-8/h1-3,11H,4H2/b10-7-. The van der Waals surface area contributed by atoms with Crippen molar-refractivity contribution in [1.82, 2.24) is 0 Å². The van der Waals surface area contributed by atoms with Crippen LogP contribution in [0, 0.1) is 0 Å². The maximum absolute atomic E-state index is 8.60. The topological polar surface area (TPSA) is 41.8 Å². The maximum Gasteiger partial charge on any atom is 0.134 e. The Balaban J connectivity index is 2.57. The molecule has 0 radical (unpaired) electrons. The Kier molecular flexibility index (Phi) is 1.77.